The number of carbonyl (C=O) groups excluding carboxylic acids is 2. The molecular formula is C20H18N2O7. The topological polar surface area (TPSA) is 108 Å². The summed E-state index contributed by atoms with van der Waals surface area (Å²) in [7, 11) is 0. The van der Waals surface area contributed by atoms with E-state index in [4.69, 9.17) is 14.2 Å². The average molecular weight is 398 g/mol. The lowest BCUT2D eigenvalue weighted by atomic mass is 10.0. The van der Waals surface area contributed by atoms with Crippen LogP contribution in [0.1, 0.15) is 29.3 Å². The highest BCUT2D eigenvalue weighted by atomic mass is 16.7. The van der Waals surface area contributed by atoms with Crippen molar-refractivity contribution in [1.82, 2.24) is 0 Å². The number of carbonyl (C=O) groups is 2. The molecule has 4 rings (SSSR count). The zero-order valence-electron chi connectivity index (χ0n) is 15.6. The summed E-state index contributed by atoms with van der Waals surface area (Å²) in [6.45, 7) is 1.88. The van der Waals surface area contributed by atoms with E-state index in [0.29, 0.717) is 6.54 Å². The zero-order valence-corrected chi connectivity index (χ0v) is 15.6. The molecule has 2 heterocycles. The van der Waals surface area contributed by atoms with Gasteiger partial charge in [-0.15, -0.1) is 0 Å². The van der Waals surface area contributed by atoms with Crippen LogP contribution in [0.25, 0.3) is 0 Å². The van der Waals surface area contributed by atoms with Crippen molar-refractivity contribution in [3.63, 3.8) is 0 Å². The maximum absolute atomic E-state index is 12.9. The van der Waals surface area contributed by atoms with E-state index in [0.717, 1.165) is 30.2 Å². The Morgan fingerprint density at radius 2 is 1.93 bits per heavy atom. The van der Waals surface area contributed by atoms with Crippen LogP contribution in [0, 0.1) is 10.1 Å². The smallest absolute Gasteiger partial charge is 0.346 e. The first-order chi connectivity index (χ1) is 14.0. The molecule has 0 aliphatic carbocycles. The molecule has 1 amide bonds. The van der Waals surface area contributed by atoms with E-state index in [1.807, 2.05) is 24.3 Å². The molecule has 0 saturated heterocycles. The summed E-state index contributed by atoms with van der Waals surface area (Å²) in [6, 6.07) is 9.89. The molecule has 0 saturated carbocycles. The molecule has 0 radical (unpaired) electrons. The van der Waals surface area contributed by atoms with Gasteiger partial charge in [-0.25, -0.2) is 4.79 Å². The number of benzene rings is 2. The zero-order chi connectivity index (χ0) is 20.5. The minimum atomic E-state index is -1.11. The van der Waals surface area contributed by atoms with E-state index in [1.54, 1.807) is 4.90 Å². The van der Waals surface area contributed by atoms with Crippen LogP contribution >= 0.6 is 0 Å². The van der Waals surface area contributed by atoms with Crippen LogP contribution < -0.4 is 14.4 Å². The standard InChI is InChI=1S/C20H18N2O7/c1-12(19(23)21-8-4-6-13-5-2-3-7-15(13)21)29-20(24)14-9-17-18(28-11-27-17)10-16(14)22(25)26/h2-3,5,7,9-10,12H,4,6,8,11H2,1H3. The molecule has 0 spiro atoms. The van der Waals surface area contributed by atoms with Crippen molar-refractivity contribution in [2.75, 3.05) is 18.2 Å². The lowest BCUT2D eigenvalue weighted by Crippen LogP contribution is -2.42. The third-order valence-corrected chi connectivity index (χ3v) is 4.92. The normalized spacial score (nSPS) is 15.4. The van der Waals surface area contributed by atoms with E-state index in [9.17, 15) is 19.7 Å². The molecule has 29 heavy (non-hydrogen) atoms. The summed E-state index contributed by atoms with van der Waals surface area (Å²) in [4.78, 5) is 37.8. The number of nitro benzene ring substituents is 1. The Hall–Kier alpha value is -3.62. The molecule has 9 nitrogen and oxygen atoms in total. The van der Waals surface area contributed by atoms with Gasteiger partial charge >= 0.3 is 5.97 Å². The molecule has 2 aromatic rings. The van der Waals surface area contributed by atoms with Gasteiger partial charge in [0.1, 0.15) is 5.56 Å². The van der Waals surface area contributed by atoms with Crippen LogP contribution in [0.4, 0.5) is 11.4 Å². The van der Waals surface area contributed by atoms with Gasteiger partial charge in [0, 0.05) is 18.3 Å². The van der Waals surface area contributed by atoms with E-state index in [-0.39, 0.29) is 29.8 Å². The second-order valence-electron chi connectivity index (χ2n) is 6.75. The van der Waals surface area contributed by atoms with Gasteiger partial charge in [0.25, 0.3) is 11.6 Å². The van der Waals surface area contributed by atoms with Crippen LogP contribution in [0.3, 0.4) is 0 Å². The molecule has 0 aromatic heterocycles. The molecule has 2 aliphatic heterocycles. The lowest BCUT2D eigenvalue weighted by molar-refractivity contribution is -0.385. The summed E-state index contributed by atoms with van der Waals surface area (Å²) in [5, 5.41) is 11.4. The SMILES string of the molecule is CC(OC(=O)c1cc2c(cc1[N+](=O)[O-])OCO2)C(=O)N1CCCc2ccccc21. The number of aryl methyl sites for hydroxylation is 1. The first-order valence-electron chi connectivity index (χ1n) is 9.14. The number of ether oxygens (including phenoxy) is 3. The summed E-state index contributed by atoms with van der Waals surface area (Å²) in [5.74, 6) is -0.955. The van der Waals surface area contributed by atoms with Crippen molar-refractivity contribution in [1.29, 1.82) is 0 Å². The van der Waals surface area contributed by atoms with E-state index in [1.165, 1.54) is 13.0 Å². The Labute approximate surface area is 165 Å². The van der Waals surface area contributed by atoms with Gasteiger partial charge in [-0.05, 0) is 31.4 Å². The van der Waals surface area contributed by atoms with Crippen LogP contribution in [0.2, 0.25) is 0 Å². The van der Waals surface area contributed by atoms with Crippen LogP contribution in [0.5, 0.6) is 11.5 Å². The molecule has 9 heteroatoms. The van der Waals surface area contributed by atoms with Crippen molar-refractivity contribution in [3.8, 4) is 11.5 Å². The molecule has 2 aromatic carbocycles. The van der Waals surface area contributed by atoms with Gasteiger partial charge in [0.05, 0.1) is 11.0 Å². The van der Waals surface area contributed by atoms with E-state index in [2.05, 4.69) is 0 Å². The Balaban J connectivity index is 1.55. The summed E-state index contributed by atoms with van der Waals surface area (Å²) < 4.78 is 15.6. The van der Waals surface area contributed by atoms with Crippen molar-refractivity contribution in [2.45, 2.75) is 25.9 Å². The fourth-order valence-corrected chi connectivity index (χ4v) is 3.50. The Bertz CT molecular complexity index is 1000. The van der Waals surface area contributed by atoms with Gasteiger partial charge in [0.15, 0.2) is 17.6 Å². The fourth-order valence-electron chi connectivity index (χ4n) is 3.50. The lowest BCUT2D eigenvalue weighted by Gasteiger charge is -2.31. The minimum absolute atomic E-state index is 0.0890. The van der Waals surface area contributed by atoms with Crippen molar-refractivity contribution in [3.05, 3.63) is 57.6 Å². The minimum Gasteiger partial charge on any atom is -0.454 e. The van der Waals surface area contributed by atoms with Crippen molar-refractivity contribution < 1.29 is 28.7 Å². The number of hydrogen-bond acceptors (Lipinski definition) is 7. The Kier molecular flexibility index (Phi) is 4.79. The molecule has 1 atom stereocenters. The van der Waals surface area contributed by atoms with Gasteiger partial charge in [-0.2, -0.15) is 0 Å². The first-order valence-corrected chi connectivity index (χ1v) is 9.14. The highest BCUT2D eigenvalue weighted by Crippen LogP contribution is 2.38. The highest BCUT2D eigenvalue weighted by molar-refractivity contribution is 6.01. The molecule has 2 aliphatic rings. The molecule has 0 fully saturated rings. The average Bonchev–Trinajstić information content (AvgIpc) is 3.19. The molecule has 0 bridgehead atoms. The first kappa shape index (κ1) is 18.7. The van der Waals surface area contributed by atoms with Crippen LogP contribution in [-0.2, 0) is 16.0 Å². The number of fused-ring (bicyclic) bond motifs is 2. The van der Waals surface area contributed by atoms with Gasteiger partial charge in [-0.1, -0.05) is 18.2 Å². The highest BCUT2D eigenvalue weighted by Gasteiger charge is 2.32. The predicted molar refractivity (Wildman–Crippen MR) is 101 cm³/mol. The van der Waals surface area contributed by atoms with Crippen LogP contribution in [-0.4, -0.2) is 36.2 Å². The summed E-state index contributed by atoms with van der Waals surface area (Å²) >= 11 is 0. The number of nitro groups is 1. The largest absolute Gasteiger partial charge is 0.454 e. The number of anilines is 1. The van der Waals surface area contributed by atoms with Crippen molar-refractivity contribution >= 4 is 23.3 Å². The number of nitrogens with zero attached hydrogens (tertiary/aromatic N) is 2. The van der Waals surface area contributed by atoms with Gasteiger partial charge in [-0.3, -0.25) is 14.9 Å². The number of esters is 1. The van der Waals surface area contributed by atoms with E-state index >= 15 is 0 Å². The fraction of sp³-hybridized carbons (Fsp3) is 0.300. The Morgan fingerprint density at radius 3 is 2.69 bits per heavy atom. The number of hydrogen-bond donors (Lipinski definition) is 0. The maximum Gasteiger partial charge on any atom is 0.346 e. The van der Waals surface area contributed by atoms with Gasteiger partial charge in [0.2, 0.25) is 6.79 Å². The molecule has 0 N–H and O–H groups in total. The maximum atomic E-state index is 12.9. The molecule has 1 unspecified atom stereocenters. The predicted octanol–water partition coefficient (Wildman–Crippen LogP) is 2.85. The van der Waals surface area contributed by atoms with Gasteiger partial charge < -0.3 is 19.1 Å². The summed E-state index contributed by atoms with van der Waals surface area (Å²) in [5.41, 5.74) is 1.08. The second kappa shape index (κ2) is 7.42. The molecular weight excluding hydrogens is 380 g/mol. The van der Waals surface area contributed by atoms with Crippen molar-refractivity contribution in [2.24, 2.45) is 0 Å². The van der Waals surface area contributed by atoms with Crippen LogP contribution in [0.15, 0.2) is 36.4 Å². The second-order valence-corrected chi connectivity index (χ2v) is 6.75. The summed E-state index contributed by atoms with van der Waals surface area (Å²) in [6.07, 6.45) is 0.563. The number of rotatable bonds is 4. The third kappa shape index (κ3) is 3.46. The molecule has 150 valence electrons. The monoisotopic (exact) mass is 398 g/mol. The quantitative estimate of drug-likeness (QED) is 0.443. The third-order valence-electron chi connectivity index (χ3n) is 4.92. The number of para-hydroxylation sites is 1. The Morgan fingerprint density at radius 1 is 1.21 bits per heavy atom. The van der Waals surface area contributed by atoms with E-state index < -0.39 is 22.7 Å². The number of amides is 1.